The topological polar surface area (TPSA) is 33.1 Å². The lowest BCUT2D eigenvalue weighted by Gasteiger charge is -2.14. The molecule has 0 amide bonds. The van der Waals surface area contributed by atoms with E-state index in [-0.39, 0.29) is 0 Å². The molecule has 1 aromatic heterocycles. The van der Waals surface area contributed by atoms with Crippen molar-refractivity contribution in [2.45, 2.75) is 20.0 Å². The van der Waals surface area contributed by atoms with Gasteiger partial charge in [0.25, 0.3) is 0 Å². The molecule has 17 heavy (non-hydrogen) atoms. The van der Waals surface area contributed by atoms with Crippen LogP contribution < -0.4 is 0 Å². The zero-order valence-corrected chi connectivity index (χ0v) is 10.6. The Morgan fingerprint density at radius 3 is 2.59 bits per heavy atom. The number of hydrogen-bond donors (Lipinski definition) is 1. The highest BCUT2D eigenvalue weighted by atomic mass is 35.5. The number of hydrogen-bond acceptors (Lipinski definition) is 2. The minimum atomic E-state index is -0.702. The van der Waals surface area contributed by atoms with Crippen LogP contribution in [0.2, 0.25) is 5.02 Å². The molecule has 1 heterocycles. The van der Waals surface area contributed by atoms with Crippen molar-refractivity contribution in [3.05, 3.63) is 63.9 Å². The smallest absolute Gasteiger partial charge is 0.121 e. The molecule has 0 aliphatic carbocycles. The fourth-order valence-corrected chi connectivity index (χ4v) is 1.89. The van der Waals surface area contributed by atoms with Crippen molar-refractivity contribution in [1.29, 1.82) is 0 Å². The van der Waals surface area contributed by atoms with Crippen LogP contribution in [0.1, 0.15) is 28.5 Å². The van der Waals surface area contributed by atoms with Gasteiger partial charge in [-0.3, -0.25) is 4.98 Å². The summed E-state index contributed by atoms with van der Waals surface area (Å²) in [5.41, 5.74) is 3.76. The Kier molecular flexibility index (Phi) is 3.46. The Morgan fingerprint density at radius 1 is 1.18 bits per heavy atom. The first-order valence-corrected chi connectivity index (χ1v) is 5.83. The van der Waals surface area contributed by atoms with Gasteiger partial charge in [-0.25, -0.2) is 0 Å². The maximum absolute atomic E-state index is 10.3. The number of aliphatic hydroxyl groups excluding tert-OH is 1. The lowest BCUT2D eigenvalue weighted by Crippen LogP contribution is -2.04. The molecular formula is C14H14ClNO. The average Bonchev–Trinajstić information content (AvgIpc) is 2.33. The van der Waals surface area contributed by atoms with E-state index >= 15 is 0 Å². The first-order valence-electron chi connectivity index (χ1n) is 5.45. The van der Waals surface area contributed by atoms with Crippen molar-refractivity contribution in [3.8, 4) is 0 Å². The lowest BCUT2D eigenvalue weighted by atomic mass is 9.97. The third-order valence-electron chi connectivity index (χ3n) is 2.97. The summed E-state index contributed by atoms with van der Waals surface area (Å²) >= 11 is 5.77. The summed E-state index contributed by atoms with van der Waals surface area (Å²) in [6.07, 6.45) is 0.845. The van der Waals surface area contributed by atoms with Crippen LogP contribution in [0.5, 0.6) is 0 Å². The van der Waals surface area contributed by atoms with Crippen LogP contribution in [0.3, 0.4) is 0 Å². The lowest BCUT2D eigenvalue weighted by molar-refractivity contribution is 0.214. The summed E-state index contributed by atoms with van der Waals surface area (Å²) in [5, 5.41) is 10.9. The molecule has 1 unspecified atom stereocenters. The van der Waals surface area contributed by atoms with E-state index in [9.17, 15) is 5.11 Å². The highest BCUT2D eigenvalue weighted by molar-refractivity contribution is 6.30. The molecule has 0 radical (unpaired) electrons. The van der Waals surface area contributed by atoms with E-state index in [0.717, 1.165) is 16.7 Å². The fraction of sp³-hybridized carbons (Fsp3) is 0.214. The minimum Gasteiger partial charge on any atom is -0.382 e. The Morgan fingerprint density at radius 2 is 1.94 bits per heavy atom. The third-order valence-corrected chi connectivity index (χ3v) is 3.20. The molecule has 0 saturated heterocycles. The summed E-state index contributed by atoms with van der Waals surface area (Å²) in [7, 11) is 0. The molecule has 0 aliphatic heterocycles. The number of aryl methyl sites for hydroxylation is 1. The number of pyridine rings is 1. The zero-order chi connectivity index (χ0) is 12.4. The van der Waals surface area contributed by atoms with Crippen molar-refractivity contribution < 1.29 is 5.11 Å². The molecule has 0 bridgehead atoms. The molecule has 88 valence electrons. The van der Waals surface area contributed by atoms with Gasteiger partial charge in [-0.15, -0.1) is 0 Å². The van der Waals surface area contributed by atoms with Crippen molar-refractivity contribution >= 4 is 11.6 Å². The zero-order valence-electron chi connectivity index (χ0n) is 9.81. The second-order valence-corrected chi connectivity index (χ2v) is 4.53. The molecule has 2 rings (SSSR count). The van der Waals surface area contributed by atoms with Crippen LogP contribution in [0.4, 0.5) is 0 Å². The van der Waals surface area contributed by atoms with Crippen molar-refractivity contribution in [3.63, 3.8) is 0 Å². The summed E-state index contributed by atoms with van der Waals surface area (Å²) in [6.45, 7) is 4.03. The van der Waals surface area contributed by atoms with Gasteiger partial charge in [0.2, 0.25) is 0 Å². The Hall–Kier alpha value is -1.38. The van der Waals surface area contributed by atoms with Crippen LogP contribution in [0.15, 0.2) is 36.5 Å². The van der Waals surface area contributed by atoms with Crippen LogP contribution in [-0.4, -0.2) is 10.1 Å². The molecular weight excluding hydrogens is 234 g/mol. The maximum atomic E-state index is 10.3. The highest BCUT2D eigenvalue weighted by Gasteiger charge is 2.14. The minimum absolute atomic E-state index is 0.571. The van der Waals surface area contributed by atoms with E-state index in [1.807, 2.05) is 32.0 Å². The molecule has 2 nitrogen and oxygen atoms in total. The van der Waals surface area contributed by atoms with Gasteiger partial charge in [-0.05, 0) is 42.7 Å². The summed E-state index contributed by atoms with van der Waals surface area (Å²) in [6, 6.07) is 9.37. The predicted octanol–water partition coefficient (Wildman–Crippen LogP) is 3.43. The first-order chi connectivity index (χ1) is 8.09. The van der Waals surface area contributed by atoms with Gasteiger partial charge in [-0.2, -0.15) is 0 Å². The predicted molar refractivity (Wildman–Crippen MR) is 69.2 cm³/mol. The van der Waals surface area contributed by atoms with Gasteiger partial charge in [0, 0.05) is 6.20 Å². The van der Waals surface area contributed by atoms with Crippen LogP contribution in [-0.2, 0) is 0 Å². The SMILES string of the molecule is Cc1cccc(C(O)c2ccc(Cl)cn2)c1C. The van der Waals surface area contributed by atoms with Gasteiger partial charge < -0.3 is 5.11 Å². The van der Waals surface area contributed by atoms with Crippen LogP contribution in [0, 0.1) is 13.8 Å². The van der Waals surface area contributed by atoms with Gasteiger partial charge in [-0.1, -0.05) is 29.8 Å². The molecule has 3 heteroatoms. The average molecular weight is 248 g/mol. The number of benzene rings is 1. The highest BCUT2D eigenvalue weighted by Crippen LogP contribution is 2.25. The molecule has 0 saturated carbocycles. The standard InChI is InChI=1S/C14H14ClNO/c1-9-4-3-5-12(10(9)2)14(17)13-7-6-11(15)8-16-13/h3-8,14,17H,1-2H3. The monoisotopic (exact) mass is 247 g/mol. The summed E-state index contributed by atoms with van der Waals surface area (Å²) in [4.78, 5) is 4.14. The molecule has 1 N–H and O–H groups in total. The van der Waals surface area contributed by atoms with Crippen LogP contribution >= 0.6 is 11.6 Å². The van der Waals surface area contributed by atoms with E-state index < -0.39 is 6.10 Å². The second kappa shape index (κ2) is 4.86. The van der Waals surface area contributed by atoms with Crippen molar-refractivity contribution in [2.75, 3.05) is 0 Å². The van der Waals surface area contributed by atoms with E-state index in [2.05, 4.69) is 4.98 Å². The van der Waals surface area contributed by atoms with E-state index in [1.54, 1.807) is 18.3 Å². The van der Waals surface area contributed by atoms with Crippen molar-refractivity contribution in [2.24, 2.45) is 0 Å². The number of aliphatic hydroxyl groups is 1. The van der Waals surface area contributed by atoms with E-state index in [0.29, 0.717) is 10.7 Å². The van der Waals surface area contributed by atoms with E-state index in [4.69, 9.17) is 11.6 Å². The summed E-state index contributed by atoms with van der Waals surface area (Å²) < 4.78 is 0. The summed E-state index contributed by atoms with van der Waals surface area (Å²) in [5.74, 6) is 0. The maximum Gasteiger partial charge on any atom is 0.121 e. The Balaban J connectivity index is 2.40. The van der Waals surface area contributed by atoms with Gasteiger partial charge >= 0.3 is 0 Å². The van der Waals surface area contributed by atoms with Gasteiger partial charge in [0.15, 0.2) is 0 Å². The largest absolute Gasteiger partial charge is 0.382 e. The number of halogens is 1. The molecule has 1 atom stereocenters. The third kappa shape index (κ3) is 2.48. The molecule has 0 spiro atoms. The van der Waals surface area contributed by atoms with Crippen LogP contribution in [0.25, 0.3) is 0 Å². The number of rotatable bonds is 2. The van der Waals surface area contributed by atoms with Crippen molar-refractivity contribution in [1.82, 2.24) is 4.98 Å². The number of nitrogens with zero attached hydrogens (tertiary/aromatic N) is 1. The molecule has 0 aliphatic rings. The molecule has 1 aromatic carbocycles. The number of aromatic nitrogens is 1. The Bertz CT molecular complexity index is 522. The van der Waals surface area contributed by atoms with Gasteiger partial charge in [0.05, 0.1) is 10.7 Å². The van der Waals surface area contributed by atoms with Gasteiger partial charge in [0.1, 0.15) is 6.10 Å². The molecule has 2 aromatic rings. The van der Waals surface area contributed by atoms with E-state index in [1.165, 1.54) is 0 Å². The first kappa shape index (κ1) is 12.1. The fourth-order valence-electron chi connectivity index (χ4n) is 1.78. The Labute approximate surface area is 106 Å². The quantitative estimate of drug-likeness (QED) is 0.882. The second-order valence-electron chi connectivity index (χ2n) is 4.09. The molecule has 0 fully saturated rings. The normalized spacial score (nSPS) is 12.5.